The predicted molar refractivity (Wildman–Crippen MR) is 108 cm³/mol. The van der Waals surface area contributed by atoms with E-state index in [9.17, 15) is 4.79 Å². The van der Waals surface area contributed by atoms with Crippen molar-refractivity contribution in [2.24, 2.45) is 4.99 Å². The van der Waals surface area contributed by atoms with Gasteiger partial charge in [0.05, 0.1) is 15.7 Å². The first-order chi connectivity index (χ1) is 13.1. The Bertz CT molecular complexity index is 946. The second kappa shape index (κ2) is 9.64. The summed E-state index contributed by atoms with van der Waals surface area (Å²) in [6.45, 7) is 0. The number of hydrogen-bond donors (Lipinski definition) is 0. The fourth-order valence-electron chi connectivity index (χ4n) is 2.21. The number of benzene rings is 2. The molecule has 0 spiro atoms. The van der Waals surface area contributed by atoms with E-state index in [1.54, 1.807) is 22.9 Å². The van der Waals surface area contributed by atoms with Crippen molar-refractivity contribution >= 4 is 47.1 Å². The number of tetrazole rings is 1. The summed E-state index contributed by atoms with van der Waals surface area (Å²) in [5.74, 6) is 0.487. The maximum atomic E-state index is 11.9. The van der Waals surface area contributed by atoms with Crippen molar-refractivity contribution in [2.75, 3.05) is 5.75 Å². The van der Waals surface area contributed by atoms with E-state index in [0.29, 0.717) is 39.4 Å². The van der Waals surface area contributed by atoms with Crippen LogP contribution in [0.4, 0.5) is 0 Å². The lowest BCUT2D eigenvalue weighted by molar-refractivity contribution is -0.117. The van der Waals surface area contributed by atoms with E-state index < -0.39 is 0 Å². The Hall–Kier alpha value is -2.22. The van der Waals surface area contributed by atoms with E-state index in [0.717, 1.165) is 5.69 Å². The van der Waals surface area contributed by atoms with Gasteiger partial charge in [0.25, 0.3) is 0 Å². The number of nitrogens with zero attached hydrogens (tertiary/aromatic N) is 5. The molecule has 0 aliphatic carbocycles. The molecule has 1 heterocycles. The highest BCUT2D eigenvalue weighted by atomic mass is 35.5. The van der Waals surface area contributed by atoms with Crippen LogP contribution in [0.1, 0.15) is 18.4 Å². The second-order valence-corrected chi connectivity index (χ2v) is 7.30. The summed E-state index contributed by atoms with van der Waals surface area (Å²) in [4.78, 5) is 15.9. The smallest absolute Gasteiger partial charge is 0.245 e. The Balaban J connectivity index is 1.48. The molecule has 0 saturated heterocycles. The summed E-state index contributed by atoms with van der Waals surface area (Å²) in [5.41, 5.74) is 1.51. The molecule has 9 heteroatoms. The number of carbonyl (C=O) groups is 1. The molecule has 0 aliphatic rings. The lowest BCUT2D eigenvalue weighted by Gasteiger charge is -2.03. The molecule has 0 unspecified atom stereocenters. The van der Waals surface area contributed by atoms with Gasteiger partial charge in [-0.2, -0.15) is 4.68 Å². The monoisotopic (exact) mass is 419 g/mol. The van der Waals surface area contributed by atoms with Gasteiger partial charge in [0.15, 0.2) is 0 Å². The van der Waals surface area contributed by atoms with Gasteiger partial charge in [0, 0.05) is 24.0 Å². The Morgan fingerprint density at radius 1 is 1.15 bits per heavy atom. The van der Waals surface area contributed by atoms with Crippen LogP contribution >= 0.6 is 35.0 Å². The molecular weight excluding hydrogens is 405 g/mol. The molecule has 3 rings (SSSR count). The predicted octanol–water partition coefficient (Wildman–Crippen LogP) is 4.49. The van der Waals surface area contributed by atoms with Gasteiger partial charge in [-0.25, -0.2) is 4.99 Å². The van der Waals surface area contributed by atoms with Crippen LogP contribution in [0.15, 0.2) is 58.7 Å². The number of thioether (sulfide) groups is 1. The normalized spacial score (nSPS) is 11.2. The van der Waals surface area contributed by atoms with Crippen molar-refractivity contribution in [3.05, 3.63) is 64.1 Å². The Kier molecular flexibility index (Phi) is 6.98. The lowest BCUT2D eigenvalue weighted by atomic mass is 10.2. The molecular formula is C18H15Cl2N5OS. The quantitative estimate of drug-likeness (QED) is 0.320. The summed E-state index contributed by atoms with van der Waals surface area (Å²) in [6, 6.07) is 14.8. The molecule has 6 nitrogen and oxygen atoms in total. The molecule has 0 radical (unpaired) electrons. The first kappa shape index (κ1) is 19.5. The van der Waals surface area contributed by atoms with Gasteiger partial charge in [-0.1, -0.05) is 65.3 Å². The van der Waals surface area contributed by atoms with Crippen molar-refractivity contribution in [1.29, 1.82) is 0 Å². The number of amides is 1. The van der Waals surface area contributed by atoms with E-state index in [-0.39, 0.29) is 5.91 Å². The largest absolute Gasteiger partial charge is 0.273 e. The first-order valence-corrected chi connectivity index (χ1v) is 9.87. The average molecular weight is 420 g/mol. The molecule has 0 aliphatic heterocycles. The zero-order valence-corrected chi connectivity index (χ0v) is 16.5. The highest BCUT2D eigenvalue weighted by molar-refractivity contribution is 7.99. The van der Waals surface area contributed by atoms with Gasteiger partial charge in [0.1, 0.15) is 0 Å². The van der Waals surface area contributed by atoms with E-state index >= 15 is 0 Å². The Morgan fingerprint density at radius 3 is 2.78 bits per heavy atom. The standard InChI is InChI=1S/C18H15Cl2N5OS/c19-15-9-4-6-13(17(15)20)12-21-16(26)10-5-11-27-18-22-23-24-25(18)14-7-2-1-3-8-14/h1-4,6-9,12H,5,10-11H2. The summed E-state index contributed by atoms with van der Waals surface area (Å²) in [7, 11) is 0. The first-order valence-electron chi connectivity index (χ1n) is 8.12. The minimum Gasteiger partial charge on any atom is -0.273 e. The maximum absolute atomic E-state index is 11.9. The lowest BCUT2D eigenvalue weighted by Crippen LogP contribution is -2.00. The second-order valence-electron chi connectivity index (χ2n) is 5.46. The van der Waals surface area contributed by atoms with Crippen molar-refractivity contribution in [1.82, 2.24) is 20.2 Å². The number of aromatic nitrogens is 4. The fraction of sp³-hybridized carbons (Fsp3) is 0.167. The van der Waals surface area contributed by atoms with Crippen LogP contribution in [0.25, 0.3) is 5.69 Å². The minimum atomic E-state index is -0.214. The Morgan fingerprint density at radius 2 is 1.96 bits per heavy atom. The highest BCUT2D eigenvalue weighted by Gasteiger charge is 2.09. The average Bonchev–Trinajstić information content (AvgIpc) is 3.15. The van der Waals surface area contributed by atoms with Gasteiger partial charge in [-0.05, 0) is 35.0 Å². The van der Waals surface area contributed by atoms with Gasteiger partial charge < -0.3 is 0 Å². The zero-order chi connectivity index (χ0) is 19.1. The molecule has 0 fully saturated rings. The third-order valence-corrected chi connectivity index (χ3v) is 5.38. The summed E-state index contributed by atoms with van der Waals surface area (Å²) < 4.78 is 1.67. The van der Waals surface area contributed by atoms with Crippen LogP contribution in [0, 0.1) is 0 Å². The van der Waals surface area contributed by atoms with Crippen molar-refractivity contribution in [2.45, 2.75) is 18.0 Å². The SMILES string of the molecule is O=C(CCCSc1nnnn1-c1ccccc1)N=Cc1cccc(Cl)c1Cl. The summed E-state index contributed by atoms with van der Waals surface area (Å²) >= 11 is 13.5. The number of rotatable bonds is 7. The topological polar surface area (TPSA) is 73.0 Å². The van der Waals surface area contributed by atoms with Crippen molar-refractivity contribution in [3.63, 3.8) is 0 Å². The molecule has 0 atom stereocenters. The summed E-state index contributed by atoms with van der Waals surface area (Å²) in [5, 5.41) is 13.2. The van der Waals surface area contributed by atoms with E-state index in [1.807, 2.05) is 30.3 Å². The van der Waals surface area contributed by atoms with Crippen LogP contribution in [0.3, 0.4) is 0 Å². The molecule has 1 amide bonds. The number of halogens is 2. The number of aliphatic imine (C=N–C) groups is 1. The van der Waals surface area contributed by atoms with Crippen LogP contribution in [0.2, 0.25) is 10.0 Å². The summed E-state index contributed by atoms with van der Waals surface area (Å²) in [6.07, 6.45) is 2.43. The molecule has 1 aromatic heterocycles. The van der Waals surface area contributed by atoms with Gasteiger partial charge in [0.2, 0.25) is 11.1 Å². The Labute approximate surface area is 170 Å². The molecule has 3 aromatic rings. The van der Waals surface area contributed by atoms with E-state index in [2.05, 4.69) is 20.5 Å². The van der Waals surface area contributed by atoms with Crippen LogP contribution in [0.5, 0.6) is 0 Å². The molecule has 0 saturated carbocycles. The molecule has 2 aromatic carbocycles. The number of para-hydroxylation sites is 1. The van der Waals surface area contributed by atoms with Crippen LogP contribution < -0.4 is 0 Å². The maximum Gasteiger partial charge on any atom is 0.245 e. The zero-order valence-electron chi connectivity index (χ0n) is 14.1. The molecule has 27 heavy (non-hydrogen) atoms. The van der Waals surface area contributed by atoms with Gasteiger partial charge >= 0.3 is 0 Å². The molecule has 0 N–H and O–H groups in total. The molecule has 0 bridgehead atoms. The highest BCUT2D eigenvalue weighted by Crippen LogP contribution is 2.24. The van der Waals surface area contributed by atoms with Gasteiger partial charge in [-0.3, -0.25) is 4.79 Å². The van der Waals surface area contributed by atoms with E-state index in [1.165, 1.54) is 18.0 Å². The number of hydrogen-bond acceptors (Lipinski definition) is 5. The number of carbonyl (C=O) groups excluding carboxylic acids is 1. The van der Waals surface area contributed by atoms with E-state index in [4.69, 9.17) is 23.2 Å². The van der Waals surface area contributed by atoms with Crippen molar-refractivity contribution in [3.8, 4) is 5.69 Å². The fourth-order valence-corrected chi connectivity index (χ4v) is 3.40. The van der Waals surface area contributed by atoms with Gasteiger partial charge in [-0.15, -0.1) is 5.10 Å². The van der Waals surface area contributed by atoms with Crippen LogP contribution in [-0.2, 0) is 4.79 Å². The minimum absolute atomic E-state index is 0.214. The third-order valence-electron chi connectivity index (χ3n) is 3.54. The molecule has 138 valence electrons. The third kappa shape index (κ3) is 5.38. The van der Waals surface area contributed by atoms with Crippen molar-refractivity contribution < 1.29 is 4.79 Å². The van der Waals surface area contributed by atoms with Crippen LogP contribution in [-0.4, -0.2) is 38.1 Å².